The SMILES string of the molecule is CCCCOC/C(=C(/C(=O)O)C1CCCO1)C1CCCO1. The number of unbranched alkanes of at least 4 members (excludes halogenated alkanes) is 1. The van der Waals surface area contributed by atoms with Gasteiger partial charge in [0, 0.05) is 19.8 Å². The van der Waals surface area contributed by atoms with Crippen LogP contribution in [0.15, 0.2) is 11.1 Å². The summed E-state index contributed by atoms with van der Waals surface area (Å²) < 4.78 is 17.0. The normalized spacial score (nSPS) is 26.9. The van der Waals surface area contributed by atoms with Gasteiger partial charge in [-0.25, -0.2) is 4.79 Å². The second-order valence-corrected chi connectivity index (χ2v) is 5.65. The number of aliphatic carboxylic acids is 1. The molecule has 0 aromatic rings. The van der Waals surface area contributed by atoms with Crippen LogP contribution >= 0.6 is 0 Å². The van der Waals surface area contributed by atoms with E-state index >= 15 is 0 Å². The standard InChI is InChI=1S/C16H26O5/c1-2-3-8-19-11-12(13-6-4-9-20-13)15(16(17)18)14-7-5-10-21-14/h13-14H,2-11H2,1H3,(H,17,18)/b15-12-. The quantitative estimate of drug-likeness (QED) is 0.551. The summed E-state index contributed by atoms with van der Waals surface area (Å²) in [6, 6.07) is 0. The van der Waals surface area contributed by atoms with Gasteiger partial charge in [-0.3, -0.25) is 0 Å². The third-order valence-electron chi connectivity index (χ3n) is 4.05. The molecule has 2 aliphatic heterocycles. The van der Waals surface area contributed by atoms with Gasteiger partial charge in [0.15, 0.2) is 0 Å². The van der Waals surface area contributed by atoms with Crippen LogP contribution in [0.1, 0.15) is 45.4 Å². The van der Waals surface area contributed by atoms with Gasteiger partial charge in [-0.1, -0.05) is 13.3 Å². The van der Waals surface area contributed by atoms with Crippen molar-refractivity contribution in [1.82, 2.24) is 0 Å². The minimum atomic E-state index is -0.897. The van der Waals surface area contributed by atoms with Crippen LogP contribution in [0.5, 0.6) is 0 Å². The summed E-state index contributed by atoms with van der Waals surface area (Å²) in [6.07, 6.45) is 5.15. The first-order chi connectivity index (χ1) is 10.2. The van der Waals surface area contributed by atoms with Crippen molar-refractivity contribution >= 4 is 5.97 Å². The number of carboxylic acid groups (broad SMARTS) is 1. The predicted octanol–water partition coefficient (Wildman–Crippen LogP) is 2.54. The van der Waals surface area contributed by atoms with E-state index in [4.69, 9.17) is 14.2 Å². The minimum absolute atomic E-state index is 0.123. The fourth-order valence-electron chi connectivity index (χ4n) is 2.91. The Bertz CT molecular complexity index is 365. The zero-order valence-corrected chi connectivity index (χ0v) is 12.8. The van der Waals surface area contributed by atoms with Crippen molar-refractivity contribution < 1.29 is 24.1 Å². The van der Waals surface area contributed by atoms with Crippen LogP contribution in [0, 0.1) is 0 Å². The monoisotopic (exact) mass is 298 g/mol. The lowest BCUT2D eigenvalue weighted by atomic mass is 9.95. The van der Waals surface area contributed by atoms with Crippen LogP contribution in [0.4, 0.5) is 0 Å². The summed E-state index contributed by atoms with van der Waals surface area (Å²) in [4.78, 5) is 11.7. The maximum atomic E-state index is 11.7. The number of rotatable bonds is 8. The largest absolute Gasteiger partial charge is 0.478 e. The summed E-state index contributed by atoms with van der Waals surface area (Å²) >= 11 is 0. The molecule has 1 N–H and O–H groups in total. The summed E-state index contributed by atoms with van der Waals surface area (Å²) in [5, 5.41) is 9.62. The Morgan fingerprint density at radius 3 is 2.38 bits per heavy atom. The molecule has 0 saturated carbocycles. The molecule has 2 fully saturated rings. The van der Waals surface area contributed by atoms with Crippen molar-refractivity contribution in [2.24, 2.45) is 0 Å². The van der Waals surface area contributed by atoms with Crippen molar-refractivity contribution in [3.63, 3.8) is 0 Å². The summed E-state index contributed by atoms with van der Waals surface area (Å²) in [5.41, 5.74) is 1.15. The van der Waals surface area contributed by atoms with E-state index in [9.17, 15) is 9.90 Å². The van der Waals surface area contributed by atoms with Crippen LogP contribution in [0.2, 0.25) is 0 Å². The highest BCUT2D eigenvalue weighted by Crippen LogP contribution is 2.29. The highest BCUT2D eigenvalue weighted by Gasteiger charge is 2.33. The molecule has 5 heteroatoms. The number of hydrogen-bond donors (Lipinski definition) is 1. The molecule has 2 rings (SSSR count). The number of carboxylic acids is 1. The molecule has 2 saturated heterocycles. The van der Waals surface area contributed by atoms with Crippen LogP contribution < -0.4 is 0 Å². The molecule has 21 heavy (non-hydrogen) atoms. The van der Waals surface area contributed by atoms with Gasteiger partial charge in [-0.15, -0.1) is 0 Å². The van der Waals surface area contributed by atoms with E-state index in [1.54, 1.807) is 0 Å². The smallest absolute Gasteiger partial charge is 0.334 e. The Labute approximate surface area is 126 Å². The van der Waals surface area contributed by atoms with Gasteiger partial charge in [-0.2, -0.15) is 0 Å². The van der Waals surface area contributed by atoms with E-state index in [0.717, 1.165) is 44.1 Å². The van der Waals surface area contributed by atoms with Crippen LogP contribution in [-0.2, 0) is 19.0 Å². The molecule has 120 valence electrons. The average molecular weight is 298 g/mol. The maximum Gasteiger partial charge on any atom is 0.334 e. The minimum Gasteiger partial charge on any atom is -0.478 e. The zero-order chi connectivity index (χ0) is 15.1. The molecule has 5 nitrogen and oxygen atoms in total. The third-order valence-corrected chi connectivity index (χ3v) is 4.05. The fraction of sp³-hybridized carbons (Fsp3) is 0.812. The molecule has 2 unspecified atom stereocenters. The second-order valence-electron chi connectivity index (χ2n) is 5.65. The topological polar surface area (TPSA) is 65.0 Å². The van der Waals surface area contributed by atoms with Crippen molar-refractivity contribution in [3.05, 3.63) is 11.1 Å². The molecule has 2 atom stereocenters. The fourth-order valence-corrected chi connectivity index (χ4v) is 2.91. The van der Waals surface area contributed by atoms with E-state index in [-0.39, 0.29) is 12.2 Å². The lowest BCUT2D eigenvalue weighted by Crippen LogP contribution is -2.26. The molecule has 0 aromatic heterocycles. The zero-order valence-electron chi connectivity index (χ0n) is 12.8. The van der Waals surface area contributed by atoms with E-state index in [1.807, 2.05) is 0 Å². The number of ether oxygens (including phenoxy) is 3. The van der Waals surface area contributed by atoms with Crippen molar-refractivity contribution in [2.75, 3.05) is 26.4 Å². The summed E-state index contributed by atoms with van der Waals surface area (Å²) in [6.45, 7) is 4.44. The highest BCUT2D eigenvalue weighted by molar-refractivity contribution is 5.89. The van der Waals surface area contributed by atoms with Crippen molar-refractivity contribution in [3.8, 4) is 0 Å². The summed E-state index contributed by atoms with van der Waals surface area (Å²) in [5.74, 6) is -0.897. The third kappa shape index (κ3) is 4.53. The van der Waals surface area contributed by atoms with Gasteiger partial charge in [-0.05, 0) is 37.7 Å². The average Bonchev–Trinajstić information content (AvgIpc) is 3.14. The van der Waals surface area contributed by atoms with Gasteiger partial charge in [0.05, 0.1) is 24.4 Å². The van der Waals surface area contributed by atoms with Gasteiger partial charge >= 0.3 is 5.97 Å². The molecule has 0 spiro atoms. The molecule has 0 bridgehead atoms. The second kappa shape index (κ2) is 8.51. The van der Waals surface area contributed by atoms with Gasteiger partial charge in [0.25, 0.3) is 0 Å². The van der Waals surface area contributed by atoms with Crippen LogP contribution in [-0.4, -0.2) is 49.7 Å². The Morgan fingerprint density at radius 2 is 1.86 bits per heavy atom. The molecular weight excluding hydrogens is 272 g/mol. The molecule has 0 amide bonds. The lowest BCUT2D eigenvalue weighted by Gasteiger charge is -2.21. The highest BCUT2D eigenvalue weighted by atomic mass is 16.5. The molecule has 0 aromatic carbocycles. The Kier molecular flexibility index (Phi) is 6.67. The van der Waals surface area contributed by atoms with Crippen LogP contribution in [0.3, 0.4) is 0 Å². The Balaban J connectivity index is 2.15. The Morgan fingerprint density at radius 1 is 1.19 bits per heavy atom. The van der Waals surface area contributed by atoms with Crippen molar-refractivity contribution in [2.45, 2.75) is 57.7 Å². The van der Waals surface area contributed by atoms with E-state index in [1.165, 1.54) is 0 Å². The van der Waals surface area contributed by atoms with Gasteiger partial charge < -0.3 is 19.3 Å². The number of hydrogen-bond acceptors (Lipinski definition) is 4. The van der Waals surface area contributed by atoms with Crippen molar-refractivity contribution in [1.29, 1.82) is 0 Å². The lowest BCUT2D eigenvalue weighted by molar-refractivity contribution is -0.134. The first-order valence-electron chi connectivity index (χ1n) is 8.01. The molecular formula is C16H26O5. The first kappa shape index (κ1) is 16.5. The van der Waals surface area contributed by atoms with E-state index < -0.39 is 5.97 Å². The van der Waals surface area contributed by atoms with Gasteiger partial charge in [0.1, 0.15) is 0 Å². The molecule has 2 aliphatic rings. The molecule has 2 heterocycles. The summed E-state index contributed by atoms with van der Waals surface area (Å²) in [7, 11) is 0. The van der Waals surface area contributed by atoms with E-state index in [2.05, 4.69) is 6.92 Å². The Hall–Kier alpha value is -0.910. The maximum absolute atomic E-state index is 11.7. The molecule has 0 radical (unpaired) electrons. The van der Waals surface area contributed by atoms with Crippen LogP contribution in [0.25, 0.3) is 0 Å². The predicted molar refractivity (Wildman–Crippen MR) is 78.3 cm³/mol. The molecule has 0 aliphatic carbocycles. The number of carbonyl (C=O) groups is 1. The van der Waals surface area contributed by atoms with E-state index in [0.29, 0.717) is 32.0 Å². The van der Waals surface area contributed by atoms with Gasteiger partial charge in [0.2, 0.25) is 0 Å². The first-order valence-corrected chi connectivity index (χ1v) is 8.01.